The zero-order chi connectivity index (χ0) is 19.7. The number of fused-ring (bicyclic) bond motifs is 1. The fraction of sp³-hybridized carbons (Fsp3) is 0.238. The van der Waals surface area contributed by atoms with Crippen LogP contribution in [0.1, 0.15) is 25.5 Å². The maximum Gasteiger partial charge on any atom is 0.338 e. The highest BCUT2D eigenvalue weighted by Crippen LogP contribution is 2.39. The predicted octanol–water partition coefficient (Wildman–Crippen LogP) is 3.69. The van der Waals surface area contributed by atoms with E-state index >= 15 is 0 Å². The molecule has 0 fully saturated rings. The molecule has 0 aliphatic carbocycles. The van der Waals surface area contributed by atoms with Crippen LogP contribution in [-0.4, -0.2) is 24.5 Å². The first-order valence-corrected chi connectivity index (χ1v) is 9.44. The number of hydrogen-bond acceptors (Lipinski definition) is 5. The van der Waals surface area contributed by atoms with Crippen molar-refractivity contribution in [2.75, 3.05) is 18.3 Å². The normalized spacial score (nSPS) is 18.1. The lowest BCUT2D eigenvalue weighted by Gasteiger charge is -2.37. The molecule has 6 nitrogen and oxygen atoms in total. The van der Waals surface area contributed by atoms with Crippen LogP contribution in [0, 0.1) is 0 Å². The van der Waals surface area contributed by atoms with E-state index in [1.807, 2.05) is 60.4 Å². The summed E-state index contributed by atoms with van der Waals surface area (Å²) in [4.78, 5) is 14.7. The number of anilines is 1. The molecule has 2 heterocycles. The Bertz CT molecular complexity index is 958. The van der Waals surface area contributed by atoms with Gasteiger partial charge in [0.1, 0.15) is 0 Å². The smallest absolute Gasteiger partial charge is 0.338 e. The Morgan fingerprint density at radius 1 is 1.21 bits per heavy atom. The molecule has 0 radical (unpaired) electrons. The highest BCUT2D eigenvalue weighted by Gasteiger charge is 2.36. The molecule has 1 N–H and O–H groups in total. The molecule has 0 saturated heterocycles. The zero-order valence-corrected chi connectivity index (χ0v) is 16.4. The van der Waals surface area contributed by atoms with Gasteiger partial charge in [0.25, 0.3) is 0 Å². The van der Waals surface area contributed by atoms with Gasteiger partial charge in [-0.2, -0.15) is 0 Å². The SMILES string of the molecule is CCOC(=O)C1=C(C)N(c2ccccc2)C(=S)N[C@H]1c1ccc2c(c1)OCO2. The van der Waals surface area contributed by atoms with Gasteiger partial charge in [0.05, 0.1) is 18.2 Å². The van der Waals surface area contributed by atoms with E-state index in [0.717, 1.165) is 16.9 Å². The van der Waals surface area contributed by atoms with Gasteiger partial charge in [-0.3, -0.25) is 4.90 Å². The van der Waals surface area contributed by atoms with Crippen molar-refractivity contribution in [3.8, 4) is 11.5 Å². The molecule has 0 spiro atoms. The van der Waals surface area contributed by atoms with Crippen LogP contribution in [0.15, 0.2) is 59.8 Å². The van der Waals surface area contributed by atoms with E-state index in [0.29, 0.717) is 28.8 Å². The van der Waals surface area contributed by atoms with Crippen molar-refractivity contribution >= 4 is 29.0 Å². The monoisotopic (exact) mass is 396 g/mol. The van der Waals surface area contributed by atoms with E-state index in [4.69, 9.17) is 26.4 Å². The molecule has 4 rings (SSSR count). The minimum atomic E-state index is -0.444. The third kappa shape index (κ3) is 3.18. The highest BCUT2D eigenvalue weighted by molar-refractivity contribution is 7.80. The minimum absolute atomic E-state index is 0.191. The highest BCUT2D eigenvalue weighted by atomic mass is 32.1. The third-order valence-corrected chi connectivity index (χ3v) is 5.02. The van der Waals surface area contributed by atoms with Crippen LogP contribution in [-0.2, 0) is 9.53 Å². The van der Waals surface area contributed by atoms with Gasteiger partial charge in [0.2, 0.25) is 6.79 Å². The number of thiocarbonyl (C=S) groups is 1. The van der Waals surface area contributed by atoms with Crippen LogP contribution in [0.2, 0.25) is 0 Å². The van der Waals surface area contributed by atoms with E-state index in [2.05, 4.69) is 5.32 Å². The maximum atomic E-state index is 12.9. The van der Waals surface area contributed by atoms with E-state index < -0.39 is 6.04 Å². The summed E-state index contributed by atoms with van der Waals surface area (Å²) in [7, 11) is 0. The Balaban J connectivity index is 1.81. The average Bonchev–Trinajstić information content (AvgIpc) is 3.16. The van der Waals surface area contributed by atoms with Gasteiger partial charge < -0.3 is 19.5 Å². The summed E-state index contributed by atoms with van der Waals surface area (Å²) in [5, 5.41) is 3.81. The number of carbonyl (C=O) groups excluding carboxylic acids is 1. The Morgan fingerprint density at radius 2 is 1.96 bits per heavy atom. The van der Waals surface area contributed by atoms with Crippen LogP contribution in [0.5, 0.6) is 11.5 Å². The van der Waals surface area contributed by atoms with E-state index in [1.54, 1.807) is 6.92 Å². The molecule has 0 bridgehead atoms. The molecular weight excluding hydrogens is 376 g/mol. The van der Waals surface area contributed by atoms with Gasteiger partial charge >= 0.3 is 5.97 Å². The van der Waals surface area contributed by atoms with Crippen LogP contribution < -0.4 is 19.7 Å². The molecule has 144 valence electrons. The molecule has 7 heteroatoms. The predicted molar refractivity (Wildman–Crippen MR) is 109 cm³/mol. The summed E-state index contributed by atoms with van der Waals surface area (Å²) < 4.78 is 16.2. The van der Waals surface area contributed by atoms with Crippen molar-refractivity contribution in [1.29, 1.82) is 0 Å². The lowest BCUT2D eigenvalue weighted by atomic mass is 9.94. The number of rotatable bonds is 4. The van der Waals surface area contributed by atoms with Crippen LogP contribution in [0.3, 0.4) is 0 Å². The van der Waals surface area contributed by atoms with Gasteiger partial charge in [-0.15, -0.1) is 0 Å². The lowest BCUT2D eigenvalue weighted by molar-refractivity contribution is -0.139. The largest absolute Gasteiger partial charge is 0.463 e. The van der Waals surface area contributed by atoms with E-state index in [1.165, 1.54) is 0 Å². The minimum Gasteiger partial charge on any atom is -0.463 e. The van der Waals surface area contributed by atoms with Crippen molar-refractivity contribution in [3.05, 3.63) is 65.4 Å². The van der Waals surface area contributed by atoms with Crippen molar-refractivity contribution in [3.63, 3.8) is 0 Å². The Hall–Kier alpha value is -3.06. The van der Waals surface area contributed by atoms with Gasteiger partial charge in [0.15, 0.2) is 16.6 Å². The third-order valence-electron chi connectivity index (χ3n) is 4.72. The molecule has 28 heavy (non-hydrogen) atoms. The van der Waals surface area contributed by atoms with Crippen molar-refractivity contribution in [1.82, 2.24) is 5.32 Å². The quantitative estimate of drug-likeness (QED) is 0.625. The van der Waals surface area contributed by atoms with Crippen molar-refractivity contribution < 1.29 is 19.0 Å². The van der Waals surface area contributed by atoms with Crippen molar-refractivity contribution in [2.24, 2.45) is 0 Å². The Labute approximate surface area is 168 Å². The molecule has 2 aliphatic heterocycles. The van der Waals surface area contributed by atoms with Crippen LogP contribution in [0.4, 0.5) is 5.69 Å². The first-order valence-electron chi connectivity index (χ1n) is 9.03. The summed E-state index contributed by atoms with van der Waals surface area (Å²) >= 11 is 5.64. The average molecular weight is 396 g/mol. The second kappa shape index (κ2) is 7.52. The molecule has 2 aromatic carbocycles. The Kier molecular flexibility index (Phi) is 4.92. The lowest BCUT2D eigenvalue weighted by Crippen LogP contribution is -2.48. The van der Waals surface area contributed by atoms with Gasteiger partial charge in [0, 0.05) is 11.4 Å². The first-order chi connectivity index (χ1) is 13.6. The number of hydrogen-bond donors (Lipinski definition) is 1. The number of carbonyl (C=O) groups is 1. The molecule has 1 atom stereocenters. The fourth-order valence-corrected chi connectivity index (χ4v) is 3.81. The standard InChI is InChI=1S/C21H20N2O4S/c1-3-25-20(24)18-13(2)23(15-7-5-4-6-8-15)21(28)22-19(18)14-9-10-16-17(11-14)27-12-26-16/h4-11,19H,3,12H2,1-2H3,(H,22,28)/t19-/m0/s1. The molecule has 2 aliphatic rings. The number of esters is 1. The summed E-state index contributed by atoms with van der Waals surface area (Å²) in [5.74, 6) is 0.960. The molecule has 0 amide bonds. The van der Waals surface area contributed by atoms with Crippen LogP contribution >= 0.6 is 12.2 Å². The summed E-state index contributed by atoms with van der Waals surface area (Å²) in [5.41, 5.74) is 2.97. The number of benzene rings is 2. The molecular formula is C21H20N2O4S. The molecule has 0 saturated carbocycles. The summed E-state index contributed by atoms with van der Waals surface area (Å²) in [6.45, 7) is 4.15. The number of para-hydroxylation sites is 1. The van der Waals surface area contributed by atoms with E-state index in [-0.39, 0.29) is 12.8 Å². The number of allylic oxidation sites excluding steroid dienone is 1. The van der Waals surface area contributed by atoms with Gasteiger partial charge in [-0.1, -0.05) is 24.3 Å². The molecule has 0 unspecified atom stereocenters. The summed E-state index contributed by atoms with van der Waals surface area (Å²) in [6, 6.07) is 14.8. The maximum absolute atomic E-state index is 12.9. The molecule has 2 aromatic rings. The van der Waals surface area contributed by atoms with Crippen molar-refractivity contribution in [2.45, 2.75) is 19.9 Å². The number of nitrogens with zero attached hydrogens (tertiary/aromatic N) is 1. The zero-order valence-electron chi connectivity index (χ0n) is 15.6. The van der Waals surface area contributed by atoms with E-state index in [9.17, 15) is 4.79 Å². The van der Waals surface area contributed by atoms with Gasteiger partial charge in [-0.05, 0) is 55.9 Å². The van der Waals surface area contributed by atoms with Crippen LogP contribution in [0.25, 0.3) is 0 Å². The fourth-order valence-electron chi connectivity index (χ4n) is 3.45. The second-order valence-electron chi connectivity index (χ2n) is 6.39. The first kappa shape index (κ1) is 18.3. The number of ether oxygens (including phenoxy) is 3. The Morgan fingerprint density at radius 3 is 2.71 bits per heavy atom. The second-order valence-corrected chi connectivity index (χ2v) is 6.77. The van der Waals surface area contributed by atoms with Gasteiger partial charge in [-0.25, -0.2) is 4.79 Å². The molecule has 0 aromatic heterocycles. The number of nitrogens with one attached hydrogen (secondary N) is 1. The summed E-state index contributed by atoms with van der Waals surface area (Å²) in [6.07, 6.45) is 0. The topological polar surface area (TPSA) is 60.0 Å².